The van der Waals surface area contributed by atoms with Crippen molar-refractivity contribution in [2.75, 3.05) is 0 Å². The standard InChI is InChI=1S/C27H19N3/c1-29-22-11-5-2-8-18(22)20-16-17(14-15-23(20)29)26-19-9-3-6-12-24(19)30-25-13-7-4-10-21(25)28-27(26)30/h2-16,26H,1H3. The van der Waals surface area contributed by atoms with Gasteiger partial charge in [0.2, 0.25) is 0 Å². The molecule has 7 rings (SSSR count). The molecule has 1 aliphatic rings. The summed E-state index contributed by atoms with van der Waals surface area (Å²) >= 11 is 0. The average molecular weight is 385 g/mol. The van der Waals surface area contributed by atoms with Crippen molar-refractivity contribution in [3.05, 3.63) is 108 Å². The molecule has 3 heteroatoms. The molecule has 0 saturated heterocycles. The number of hydrogen-bond acceptors (Lipinski definition) is 1. The number of aryl methyl sites for hydroxylation is 1. The van der Waals surface area contributed by atoms with Gasteiger partial charge in [-0.3, -0.25) is 4.57 Å². The number of fused-ring (bicyclic) bond motifs is 8. The summed E-state index contributed by atoms with van der Waals surface area (Å²) in [6.07, 6.45) is 0. The molecule has 3 heterocycles. The highest BCUT2D eigenvalue weighted by Crippen LogP contribution is 2.44. The van der Waals surface area contributed by atoms with E-state index in [9.17, 15) is 0 Å². The summed E-state index contributed by atoms with van der Waals surface area (Å²) in [6.45, 7) is 0. The molecule has 1 unspecified atom stereocenters. The van der Waals surface area contributed by atoms with Gasteiger partial charge in [0.05, 0.1) is 22.6 Å². The lowest BCUT2D eigenvalue weighted by Gasteiger charge is -2.12. The van der Waals surface area contributed by atoms with Crippen molar-refractivity contribution in [1.29, 1.82) is 0 Å². The van der Waals surface area contributed by atoms with E-state index in [1.165, 1.54) is 44.1 Å². The van der Waals surface area contributed by atoms with Crippen LogP contribution in [0.2, 0.25) is 0 Å². The Morgan fingerprint density at radius 1 is 0.700 bits per heavy atom. The van der Waals surface area contributed by atoms with Crippen LogP contribution in [0.1, 0.15) is 22.9 Å². The third-order valence-corrected chi connectivity index (χ3v) is 6.60. The second-order valence-corrected chi connectivity index (χ2v) is 8.14. The number of para-hydroxylation sites is 4. The predicted molar refractivity (Wildman–Crippen MR) is 122 cm³/mol. The first-order valence-electron chi connectivity index (χ1n) is 10.3. The van der Waals surface area contributed by atoms with Crippen LogP contribution in [0.25, 0.3) is 38.5 Å². The van der Waals surface area contributed by atoms with Gasteiger partial charge in [0.1, 0.15) is 5.82 Å². The Morgan fingerprint density at radius 3 is 2.37 bits per heavy atom. The minimum absolute atomic E-state index is 0.136. The largest absolute Gasteiger partial charge is 0.344 e. The monoisotopic (exact) mass is 385 g/mol. The topological polar surface area (TPSA) is 22.8 Å². The van der Waals surface area contributed by atoms with Gasteiger partial charge in [-0.25, -0.2) is 4.98 Å². The van der Waals surface area contributed by atoms with E-state index < -0.39 is 0 Å². The van der Waals surface area contributed by atoms with Crippen molar-refractivity contribution in [3.8, 4) is 5.69 Å². The molecule has 6 aromatic rings. The Balaban J connectivity index is 1.55. The van der Waals surface area contributed by atoms with Crippen LogP contribution in [0.3, 0.4) is 0 Å². The molecule has 0 fully saturated rings. The van der Waals surface area contributed by atoms with E-state index in [4.69, 9.17) is 4.98 Å². The Kier molecular flexibility index (Phi) is 2.99. The molecule has 0 amide bonds. The van der Waals surface area contributed by atoms with Crippen LogP contribution in [-0.4, -0.2) is 14.1 Å². The fourth-order valence-corrected chi connectivity index (χ4v) is 5.26. The Morgan fingerprint density at radius 2 is 1.43 bits per heavy atom. The lowest BCUT2D eigenvalue weighted by Crippen LogP contribution is -2.01. The first-order chi connectivity index (χ1) is 14.8. The molecule has 0 aliphatic carbocycles. The van der Waals surface area contributed by atoms with E-state index in [1.54, 1.807) is 0 Å². The number of hydrogen-bond donors (Lipinski definition) is 0. The molecular formula is C27H19N3. The van der Waals surface area contributed by atoms with Gasteiger partial charge < -0.3 is 4.57 Å². The van der Waals surface area contributed by atoms with Gasteiger partial charge >= 0.3 is 0 Å². The molecule has 142 valence electrons. The number of rotatable bonds is 1. The zero-order chi connectivity index (χ0) is 19.8. The maximum Gasteiger partial charge on any atom is 0.126 e. The predicted octanol–water partition coefficient (Wildman–Crippen LogP) is 6.16. The van der Waals surface area contributed by atoms with Crippen LogP contribution in [-0.2, 0) is 7.05 Å². The molecule has 0 bridgehead atoms. The highest BCUT2D eigenvalue weighted by atomic mass is 15.1. The summed E-state index contributed by atoms with van der Waals surface area (Å²) < 4.78 is 4.62. The molecule has 0 spiro atoms. The average Bonchev–Trinajstić information content (AvgIpc) is 3.41. The van der Waals surface area contributed by atoms with Crippen molar-refractivity contribution in [1.82, 2.24) is 14.1 Å². The Labute approximate surface area is 173 Å². The number of aromatic nitrogens is 3. The first-order valence-corrected chi connectivity index (χ1v) is 10.3. The van der Waals surface area contributed by atoms with Gasteiger partial charge in [-0.15, -0.1) is 0 Å². The first kappa shape index (κ1) is 16.0. The van der Waals surface area contributed by atoms with E-state index >= 15 is 0 Å². The van der Waals surface area contributed by atoms with Gasteiger partial charge in [-0.1, -0.05) is 54.6 Å². The van der Waals surface area contributed by atoms with Crippen molar-refractivity contribution in [3.63, 3.8) is 0 Å². The second kappa shape index (κ2) is 5.61. The third-order valence-electron chi connectivity index (χ3n) is 6.60. The van der Waals surface area contributed by atoms with Gasteiger partial charge in [0, 0.05) is 28.9 Å². The molecule has 30 heavy (non-hydrogen) atoms. The van der Waals surface area contributed by atoms with E-state index in [-0.39, 0.29) is 5.92 Å². The molecule has 0 N–H and O–H groups in total. The number of benzene rings is 4. The highest BCUT2D eigenvalue weighted by Gasteiger charge is 2.33. The van der Waals surface area contributed by atoms with E-state index in [1.807, 2.05) is 0 Å². The molecule has 2 aromatic heterocycles. The smallest absolute Gasteiger partial charge is 0.126 e. The minimum atomic E-state index is 0.136. The maximum atomic E-state index is 5.07. The van der Waals surface area contributed by atoms with Crippen LogP contribution in [0.15, 0.2) is 91.0 Å². The van der Waals surface area contributed by atoms with E-state index in [2.05, 4.69) is 107 Å². The molecule has 0 radical (unpaired) electrons. The SMILES string of the molecule is Cn1c2ccccc2c2cc(C3c4ccccc4-n4c3nc3ccccc34)ccc21. The summed E-state index contributed by atoms with van der Waals surface area (Å²) in [6, 6.07) is 32.7. The summed E-state index contributed by atoms with van der Waals surface area (Å²) in [4.78, 5) is 5.07. The van der Waals surface area contributed by atoms with Gasteiger partial charge in [-0.05, 0) is 47.5 Å². The molecule has 0 saturated carbocycles. The summed E-state index contributed by atoms with van der Waals surface area (Å²) in [7, 11) is 2.15. The third kappa shape index (κ3) is 1.92. The zero-order valence-corrected chi connectivity index (χ0v) is 16.6. The van der Waals surface area contributed by atoms with E-state index in [0.717, 1.165) is 11.3 Å². The molecule has 1 atom stereocenters. The lowest BCUT2D eigenvalue weighted by atomic mass is 9.91. The molecule has 1 aliphatic heterocycles. The van der Waals surface area contributed by atoms with Crippen LogP contribution in [0.4, 0.5) is 0 Å². The molecular weight excluding hydrogens is 366 g/mol. The van der Waals surface area contributed by atoms with Crippen LogP contribution in [0.5, 0.6) is 0 Å². The van der Waals surface area contributed by atoms with Crippen molar-refractivity contribution < 1.29 is 0 Å². The van der Waals surface area contributed by atoms with Crippen LogP contribution in [0, 0.1) is 0 Å². The van der Waals surface area contributed by atoms with Gasteiger partial charge in [-0.2, -0.15) is 0 Å². The quantitative estimate of drug-likeness (QED) is 0.332. The number of nitrogens with zero attached hydrogens (tertiary/aromatic N) is 3. The zero-order valence-electron chi connectivity index (χ0n) is 16.6. The van der Waals surface area contributed by atoms with Crippen molar-refractivity contribution in [2.24, 2.45) is 7.05 Å². The van der Waals surface area contributed by atoms with Crippen LogP contribution < -0.4 is 0 Å². The highest BCUT2D eigenvalue weighted by molar-refractivity contribution is 6.08. The summed E-state index contributed by atoms with van der Waals surface area (Å²) in [5.74, 6) is 1.24. The maximum absolute atomic E-state index is 5.07. The number of imidazole rings is 1. The van der Waals surface area contributed by atoms with Crippen molar-refractivity contribution in [2.45, 2.75) is 5.92 Å². The fraction of sp³-hybridized carbons (Fsp3) is 0.0741. The normalized spacial score (nSPS) is 15.2. The summed E-state index contributed by atoms with van der Waals surface area (Å²) in [5.41, 5.74) is 8.62. The van der Waals surface area contributed by atoms with Gasteiger partial charge in [0.15, 0.2) is 0 Å². The summed E-state index contributed by atoms with van der Waals surface area (Å²) in [5, 5.41) is 2.61. The fourth-order valence-electron chi connectivity index (χ4n) is 5.26. The Bertz CT molecular complexity index is 1620. The second-order valence-electron chi connectivity index (χ2n) is 8.14. The molecule has 4 aromatic carbocycles. The van der Waals surface area contributed by atoms with Crippen LogP contribution >= 0.6 is 0 Å². The Hall–Kier alpha value is -3.85. The minimum Gasteiger partial charge on any atom is -0.344 e. The van der Waals surface area contributed by atoms with Crippen molar-refractivity contribution >= 4 is 32.8 Å². The molecule has 3 nitrogen and oxygen atoms in total. The van der Waals surface area contributed by atoms with Gasteiger partial charge in [0.25, 0.3) is 0 Å². The lowest BCUT2D eigenvalue weighted by molar-refractivity contribution is 0.910. The van der Waals surface area contributed by atoms with E-state index in [0.29, 0.717) is 0 Å².